The fourth-order valence-corrected chi connectivity index (χ4v) is 1.64. The first-order chi connectivity index (χ1) is 6.20. The van der Waals surface area contributed by atoms with Crippen molar-refractivity contribution in [2.75, 3.05) is 4.90 Å². The SMILES string of the molecule is CC(C)N1C(=O)Cc2cnncc21. The molecule has 0 spiro atoms. The molecule has 2 heterocycles. The third-order valence-corrected chi connectivity index (χ3v) is 2.18. The normalized spacial score (nSPS) is 15.3. The van der Waals surface area contributed by atoms with Gasteiger partial charge in [-0.1, -0.05) is 0 Å². The lowest BCUT2D eigenvalue weighted by atomic mass is 10.2. The number of hydrogen-bond donors (Lipinski definition) is 0. The number of anilines is 1. The Morgan fingerprint density at radius 3 is 2.77 bits per heavy atom. The van der Waals surface area contributed by atoms with Crippen molar-refractivity contribution in [3.8, 4) is 0 Å². The lowest BCUT2D eigenvalue weighted by molar-refractivity contribution is -0.117. The minimum Gasteiger partial charge on any atom is -0.308 e. The van der Waals surface area contributed by atoms with E-state index in [-0.39, 0.29) is 11.9 Å². The fourth-order valence-electron chi connectivity index (χ4n) is 1.64. The second-order valence-electron chi connectivity index (χ2n) is 3.43. The van der Waals surface area contributed by atoms with Crippen LogP contribution in [0.3, 0.4) is 0 Å². The quantitative estimate of drug-likeness (QED) is 0.636. The number of amides is 1. The molecule has 0 unspecified atom stereocenters. The van der Waals surface area contributed by atoms with Crippen LogP contribution >= 0.6 is 0 Å². The standard InChI is InChI=1S/C9H11N3O/c1-6(2)12-8-5-11-10-4-7(8)3-9(12)13/h4-6H,3H2,1-2H3. The molecule has 1 aromatic heterocycles. The van der Waals surface area contributed by atoms with Crippen LogP contribution < -0.4 is 4.90 Å². The van der Waals surface area contributed by atoms with Crippen LogP contribution in [0.1, 0.15) is 19.4 Å². The van der Waals surface area contributed by atoms with Gasteiger partial charge >= 0.3 is 0 Å². The van der Waals surface area contributed by atoms with Crippen LogP contribution in [-0.2, 0) is 11.2 Å². The number of rotatable bonds is 1. The van der Waals surface area contributed by atoms with Gasteiger partial charge < -0.3 is 4.90 Å². The van der Waals surface area contributed by atoms with Crippen molar-refractivity contribution in [1.29, 1.82) is 0 Å². The highest BCUT2D eigenvalue weighted by atomic mass is 16.2. The van der Waals surface area contributed by atoms with Gasteiger partial charge in [0, 0.05) is 11.6 Å². The Kier molecular flexibility index (Phi) is 1.76. The summed E-state index contributed by atoms with van der Waals surface area (Å²) >= 11 is 0. The molecule has 4 heteroatoms. The monoisotopic (exact) mass is 177 g/mol. The molecule has 0 bridgehead atoms. The van der Waals surface area contributed by atoms with E-state index in [1.807, 2.05) is 13.8 Å². The van der Waals surface area contributed by atoms with Crippen LogP contribution in [0.5, 0.6) is 0 Å². The molecule has 1 aliphatic heterocycles. The third kappa shape index (κ3) is 1.18. The summed E-state index contributed by atoms with van der Waals surface area (Å²) in [5.74, 6) is 0.139. The Hall–Kier alpha value is -1.45. The predicted octanol–water partition coefficient (Wildman–Crippen LogP) is 0.774. The van der Waals surface area contributed by atoms with Crippen molar-refractivity contribution in [2.24, 2.45) is 0 Å². The van der Waals surface area contributed by atoms with Crippen molar-refractivity contribution in [3.05, 3.63) is 18.0 Å². The van der Waals surface area contributed by atoms with E-state index in [9.17, 15) is 4.79 Å². The van der Waals surface area contributed by atoms with E-state index in [0.29, 0.717) is 6.42 Å². The highest BCUT2D eigenvalue weighted by molar-refractivity contribution is 6.01. The second kappa shape index (κ2) is 2.80. The van der Waals surface area contributed by atoms with E-state index in [4.69, 9.17) is 0 Å². The number of fused-ring (bicyclic) bond motifs is 1. The summed E-state index contributed by atoms with van der Waals surface area (Å²) in [5, 5.41) is 7.54. The molecular weight excluding hydrogens is 166 g/mol. The largest absolute Gasteiger partial charge is 0.308 e. The summed E-state index contributed by atoms with van der Waals surface area (Å²) in [6.07, 6.45) is 3.78. The highest BCUT2D eigenvalue weighted by Gasteiger charge is 2.29. The summed E-state index contributed by atoms with van der Waals surface area (Å²) in [5.41, 5.74) is 1.89. The smallest absolute Gasteiger partial charge is 0.231 e. The molecule has 4 nitrogen and oxygen atoms in total. The average molecular weight is 177 g/mol. The summed E-state index contributed by atoms with van der Waals surface area (Å²) < 4.78 is 0. The zero-order valence-electron chi connectivity index (χ0n) is 7.69. The van der Waals surface area contributed by atoms with E-state index in [2.05, 4.69) is 10.2 Å². The minimum atomic E-state index is 0.139. The maximum Gasteiger partial charge on any atom is 0.231 e. The van der Waals surface area contributed by atoms with Crippen molar-refractivity contribution in [1.82, 2.24) is 10.2 Å². The molecule has 2 rings (SSSR count). The van der Waals surface area contributed by atoms with Gasteiger partial charge in [-0.3, -0.25) is 4.79 Å². The highest BCUT2D eigenvalue weighted by Crippen LogP contribution is 2.28. The molecule has 0 saturated heterocycles. The summed E-state index contributed by atoms with van der Waals surface area (Å²) in [6, 6.07) is 0.193. The number of nitrogens with zero attached hydrogens (tertiary/aromatic N) is 3. The van der Waals surface area contributed by atoms with Crippen LogP contribution in [0.15, 0.2) is 12.4 Å². The Bertz CT molecular complexity index is 348. The van der Waals surface area contributed by atoms with E-state index < -0.39 is 0 Å². The average Bonchev–Trinajstić information content (AvgIpc) is 2.39. The lowest BCUT2D eigenvalue weighted by Crippen LogP contribution is -2.33. The Labute approximate surface area is 76.6 Å². The van der Waals surface area contributed by atoms with Gasteiger partial charge in [0.2, 0.25) is 5.91 Å². The number of hydrogen-bond acceptors (Lipinski definition) is 3. The van der Waals surface area contributed by atoms with E-state index in [1.54, 1.807) is 17.3 Å². The summed E-state index contributed by atoms with van der Waals surface area (Å²) in [7, 11) is 0. The number of carbonyl (C=O) groups excluding carboxylic acids is 1. The molecule has 68 valence electrons. The molecule has 0 N–H and O–H groups in total. The maximum atomic E-state index is 11.5. The first kappa shape index (κ1) is 8.16. The van der Waals surface area contributed by atoms with Gasteiger partial charge in [-0.2, -0.15) is 10.2 Å². The predicted molar refractivity (Wildman–Crippen MR) is 48.4 cm³/mol. The number of aromatic nitrogens is 2. The minimum absolute atomic E-state index is 0.139. The van der Waals surface area contributed by atoms with Crippen LogP contribution in [0.4, 0.5) is 5.69 Å². The van der Waals surface area contributed by atoms with E-state index in [0.717, 1.165) is 11.3 Å². The molecule has 0 fully saturated rings. The molecule has 13 heavy (non-hydrogen) atoms. The topological polar surface area (TPSA) is 46.1 Å². The Balaban J connectivity index is 2.46. The molecule has 0 atom stereocenters. The van der Waals surface area contributed by atoms with Gasteiger partial charge in [0.05, 0.1) is 24.5 Å². The molecule has 1 aliphatic rings. The fraction of sp³-hybridized carbons (Fsp3) is 0.444. The molecule has 1 amide bonds. The lowest BCUT2D eigenvalue weighted by Gasteiger charge is -2.20. The van der Waals surface area contributed by atoms with Gasteiger partial charge in [-0.15, -0.1) is 0 Å². The van der Waals surface area contributed by atoms with Crippen LogP contribution in [0.2, 0.25) is 0 Å². The Morgan fingerprint density at radius 2 is 2.08 bits per heavy atom. The van der Waals surface area contributed by atoms with Gasteiger partial charge in [0.15, 0.2) is 0 Å². The molecule has 0 aromatic carbocycles. The van der Waals surface area contributed by atoms with E-state index >= 15 is 0 Å². The maximum absolute atomic E-state index is 11.5. The molecule has 1 aromatic rings. The second-order valence-corrected chi connectivity index (χ2v) is 3.43. The van der Waals surface area contributed by atoms with Crippen molar-refractivity contribution in [2.45, 2.75) is 26.3 Å². The van der Waals surface area contributed by atoms with Gasteiger partial charge in [0.25, 0.3) is 0 Å². The van der Waals surface area contributed by atoms with Crippen molar-refractivity contribution < 1.29 is 4.79 Å². The zero-order chi connectivity index (χ0) is 9.42. The third-order valence-electron chi connectivity index (χ3n) is 2.18. The van der Waals surface area contributed by atoms with Gasteiger partial charge in [0.1, 0.15) is 0 Å². The van der Waals surface area contributed by atoms with Crippen LogP contribution in [-0.4, -0.2) is 22.1 Å². The molecular formula is C9H11N3O. The zero-order valence-corrected chi connectivity index (χ0v) is 7.69. The Morgan fingerprint density at radius 1 is 1.38 bits per heavy atom. The first-order valence-corrected chi connectivity index (χ1v) is 4.32. The molecule has 0 aliphatic carbocycles. The van der Waals surface area contributed by atoms with E-state index in [1.165, 1.54) is 0 Å². The van der Waals surface area contributed by atoms with Crippen LogP contribution in [0.25, 0.3) is 0 Å². The summed E-state index contributed by atoms with van der Waals surface area (Å²) in [4.78, 5) is 13.3. The molecule has 0 radical (unpaired) electrons. The van der Waals surface area contributed by atoms with Crippen molar-refractivity contribution >= 4 is 11.6 Å². The van der Waals surface area contributed by atoms with Gasteiger partial charge in [-0.05, 0) is 13.8 Å². The van der Waals surface area contributed by atoms with Crippen molar-refractivity contribution in [3.63, 3.8) is 0 Å². The first-order valence-electron chi connectivity index (χ1n) is 4.32. The van der Waals surface area contributed by atoms with Crippen LogP contribution in [0, 0.1) is 0 Å². The number of carbonyl (C=O) groups is 1. The summed E-state index contributed by atoms with van der Waals surface area (Å²) in [6.45, 7) is 3.99. The molecule has 0 saturated carbocycles. The van der Waals surface area contributed by atoms with Gasteiger partial charge in [-0.25, -0.2) is 0 Å².